The van der Waals surface area contributed by atoms with E-state index in [9.17, 15) is 14.7 Å². The molecule has 0 saturated heterocycles. The monoisotopic (exact) mass is 468 g/mol. The summed E-state index contributed by atoms with van der Waals surface area (Å²) in [5.74, 6) is -0.618. The second kappa shape index (κ2) is 8.39. The maximum atomic E-state index is 13.4. The van der Waals surface area contributed by atoms with E-state index in [1.54, 1.807) is 42.1 Å². The number of hydrogen-bond acceptors (Lipinski definition) is 6. The molecule has 0 radical (unpaired) electrons. The van der Waals surface area contributed by atoms with Crippen molar-refractivity contribution in [1.82, 2.24) is 14.8 Å². The zero-order valence-electron chi connectivity index (χ0n) is 19.8. The molecule has 0 spiro atoms. The molecule has 3 aromatic heterocycles. The van der Waals surface area contributed by atoms with Gasteiger partial charge in [0.25, 0.3) is 0 Å². The number of carbonyl (C=O) groups is 1. The second-order valence-electron chi connectivity index (χ2n) is 8.70. The average Bonchev–Trinajstić information content (AvgIpc) is 3.21. The van der Waals surface area contributed by atoms with Crippen LogP contribution in [0.2, 0.25) is 0 Å². The van der Waals surface area contributed by atoms with Gasteiger partial charge >= 0.3 is 5.97 Å². The van der Waals surface area contributed by atoms with Crippen molar-refractivity contribution < 1.29 is 14.3 Å². The number of benzene rings is 2. The van der Waals surface area contributed by atoms with Crippen LogP contribution in [0.1, 0.15) is 40.0 Å². The van der Waals surface area contributed by atoms with Gasteiger partial charge in [-0.15, -0.1) is 0 Å². The highest BCUT2D eigenvalue weighted by atomic mass is 16.4. The van der Waals surface area contributed by atoms with E-state index in [1.807, 2.05) is 45.2 Å². The van der Waals surface area contributed by atoms with Crippen molar-refractivity contribution in [3.8, 4) is 11.5 Å². The lowest BCUT2D eigenvalue weighted by atomic mass is 9.99. The molecule has 0 amide bonds. The number of anilines is 1. The molecule has 1 atom stereocenters. The highest BCUT2D eigenvalue weighted by Crippen LogP contribution is 2.32. The Morgan fingerprint density at radius 2 is 1.91 bits per heavy atom. The van der Waals surface area contributed by atoms with Gasteiger partial charge in [-0.25, -0.2) is 9.78 Å². The topological polar surface area (TPSA) is 110 Å². The molecule has 0 aliphatic rings. The summed E-state index contributed by atoms with van der Waals surface area (Å²) in [6.07, 6.45) is 1.67. The van der Waals surface area contributed by atoms with Crippen LogP contribution >= 0.6 is 0 Å². The summed E-state index contributed by atoms with van der Waals surface area (Å²) in [5, 5.41) is 17.6. The van der Waals surface area contributed by atoms with Gasteiger partial charge in [0.1, 0.15) is 16.8 Å². The first-order valence-corrected chi connectivity index (χ1v) is 11.2. The lowest BCUT2D eigenvalue weighted by Gasteiger charge is -2.19. The normalized spacial score (nSPS) is 12.2. The van der Waals surface area contributed by atoms with E-state index in [0.29, 0.717) is 39.2 Å². The Hall–Kier alpha value is -4.46. The standard InChI is InChI=1S/C27H24N4O4/c1-14-11-18(16(3)29-20-8-6-5-7-17(20)27(33)34)26-19(12-14)24(32)15(2)25(35-26)21-9-10-23-22(30-21)13-28-31(23)4/h5-13,16,29H,1-4H3,(H,33,34). The Bertz CT molecular complexity index is 1680. The third kappa shape index (κ3) is 3.82. The summed E-state index contributed by atoms with van der Waals surface area (Å²) in [6, 6.07) is 13.9. The predicted octanol–water partition coefficient (Wildman–Crippen LogP) is 5.23. The molecule has 35 heavy (non-hydrogen) atoms. The molecule has 176 valence electrons. The Morgan fingerprint density at radius 3 is 2.69 bits per heavy atom. The highest BCUT2D eigenvalue weighted by Gasteiger charge is 2.21. The van der Waals surface area contributed by atoms with E-state index in [1.165, 1.54) is 0 Å². The number of nitrogens with zero attached hydrogens (tertiary/aromatic N) is 3. The van der Waals surface area contributed by atoms with E-state index < -0.39 is 5.97 Å². The molecule has 8 nitrogen and oxygen atoms in total. The van der Waals surface area contributed by atoms with E-state index in [4.69, 9.17) is 4.42 Å². The quantitative estimate of drug-likeness (QED) is 0.363. The van der Waals surface area contributed by atoms with Gasteiger partial charge in [-0.3, -0.25) is 9.48 Å². The first kappa shape index (κ1) is 22.3. The second-order valence-corrected chi connectivity index (χ2v) is 8.70. The number of carboxylic acid groups (broad SMARTS) is 1. The molecule has 0 fully saturated rings. The van der Waals surface area contributed by atoms with Gasteiger partial charge < -0.3 is 14.8 Å². The minimum absolute atomic E-state index is 0.127. The fourth-order valence-corrected chi connectivity index (χ4v) is 4.41. The van der Waals surface area contributed by atoms with Crippen LogP contribution in [-0.2, 0) is 7.05 Å². The van der Waals surface area contributed by atoms with Crippen LogP contribution in [0.15, 0.2) is 63.9 Å². The Morgan fingerprint density at radius 1 is 1.14 bits per heavy atom. The van der Waals surface area contributed by atoms with Crippen LogP contribution < -0.4 is 10.7 Å². The summed E-state index contributed by atoms with van der Waals surface area (Å²) < 4.78 is 8.13. The molecular formula is C27H24N4O4. The fourth-order valence-electron chi connectivity index (χ4n) is 4.41. The van der Waals surface area contributed by atoms with Crippen molar-refractivity contribution in [2.45, 2.75) is 26.8 Å². The number of pyridine rings is 1. The number of fused-ring (bicyclic) bond motifs is 2. The minimum atomic E-state index is -1.02. The Kier molecular flexibility index (Phi) is 5.36. The van der Waals surface area contributed by atoms with E-state index in [-0.39, 0.29) is 17.0 Å². The third-order valence-corrected chi connectivity index (χ3v) is 6.22. The van der Waals surface area contributed by atoms with Crippen molar-refractivity contribution >= 4 is 33.7 Å². The number of para-hydroxylation sites is 1. The molecular weight excluding hydrogens is 444 g/mol. The lowest BCUT2D eigenvalue weighted by Crippen LogP contribution is -2.14. The lowest BCUT2D eigenvalue weighted by molar-refractivity contribution is 0.0698. The molecule has 0 saturated carbocycles. The Balaban J connectivity index is 1.68. The zero-order chi connectivity index (χ0) is 24.9. The first-order chi connectivity index (χ1) is 16.7. The zero-order valence-corrected chi connectivity index (χ0v) is 19.8. The number of rotatable bonds is 5. The largest absolute Gasteiger partial charge is 0.478 e. The number of aryl methyl sites for hydroxylation is 2. The van der Waals surface area contributed by atoms with Crippen LogP contribution in [0.4, 0.5) is 5.69 Å². The van der Waals surface area contributed by atoms with Crippen molar-refractivity contribution in [1.29, 1.82) is 0 Å². The highest BCUT2D eigenvalue weighted by molar-refractivity contribution is 5.94. The van der Waals surface area contributed by atoms with Gasteiger partial charge in [-0.2, -0.15) is 5.10 Å². The summed E-state index contributed by atoms with van der Waals surface area (Å²) in [4.78, 5) is 29.8. The van der Waals surface area contributed by atoms with Gasteiger partial charge in [0, 0.05) is 23.9 Å². The van der Waals surface area contributed by atoms with Gasteiger partial charge in [-0.1, -0.05) is 18.2 Å². The SMILES string of the molecule is Cc1cc(C(C)Nc2ccccc2C(=O)O)c2oc(-c3ccc4c(cnn4C)n3)c(C)c(=O)c2c1. The van der Waals surface area contributed by atoms with E-state index in [2.05, 4.69) is 15.4 Å². The smallest absolute Gasteiger partial charge is 0.337 e. The molecule has 1 unspecified atom stereocenters. The Labute approximate surface area is 200 Å². The van der Waals surface area contributed by atoms with Crippen LogP contribution in [0.25, 0.3) is 33.5 Å². The number of nitrogens with one attached hydrogen (secondary N) is 1. The number of hydrogen-bond donors (Lipinski definition) is 2. The summed E-state index contributed by atoms with van der Waals surface area (Å²) in [7, 11) is 1.84. The molecule has 0 aliphatic carbocycles. The van der Waals surface area contributed by atoms with Gasteiger partial charge in [-0.05, 0) is 56.7 Å². The molecule has 8 heteroatoms. The summed E-state index contributed by atoms with van der Waals surface area (Å²) in [5.41, 5.74) is 5.23. The summed E-state index contributed by atoms with van der Waals surface area (Å²) in [6.45, 7) is 5.57. The summed E-state index contributed by atoms with van der Waals surface area (Å²) >= 11 is 0. The first-order valence-electron chi connectivity index (χ1n) is 11.2. The minimum Gasteiger partial charge on any atom is -0.478 e. The maximum absolute atomic E-state index is 13.4. The van der Waals surface area contributed by atoms with Crippen LogP contribution in [0.5, 0.6) is 0 Å². The third-order valence-electron chi connectivity index (χ3n) is 6.22. The van der Waals surface area contributed by atoms with Crippen LogP contribution in [0.3, 0.4) is 0 Å². The van der Waals surface area contributed by atoms with Gasteiger partial charge in [0.05, 0.1) is 28.7 Å². The molecule has 5 rings (SSSR count). The molecule has 3 heterocycles. The van der Waals surface area contributed by atoms with Crippen molar-refractivity contribution in [3.63, 3.8) is 0 Å². The average molecular weight is 469 g/mol. The fraction of sp³-hybridized carbons (Fsp3) is 0.185. The van der Waals surface area contributed by atoms with Gasteiger partial charge in [0.2, 0.25) is 0 Å². The van der Waals surface area contributed by atoms with Gasteiger partial charge in [0.15, 0.2) is 11.2 Å². The van der Waals surface area contributed by atoms with Crippen LogP contribution in [0, 0.1) is 13.8 Å². The number of aromatic nitrogens is 3. The molecule has 0 bridgehead atoms. The number of aromatic carboxylic acids is 1. The maximum Gasteiger partial charge on any atom is 0.337 e. The molecule has 2 N–H and O–H groups in total. The number of carboxylic acids is 1. The van der Waals surface area contributed by atoms with Crippen molar-refractivity contribution in [3.05, 3.63) is 87.2 Å². The van der Waals surface area contributed by atoms with Crippen LogP contribution in [-0.4, -0.2) is 25.8 Å². The predicted molar refractivity (Wildman–Crippen MR) is 135 cm³/mol. The van der Waals surface area contributed by atoms with E-state index >= 15 is 0 Å². The van der Waals surface area contributed by atoms with Crippen molar-refractivity contribution in [2.24, 2.45) is 7.05 Å². The van der Waals surface area contributed by atoms with Crippen molar-refractivity contribution in [2.75, 3.05) is 5.32 Å². The molecule has 2 aromatic carbocycles. The molecule has 0 aliphatic heterocycles. The van der Waals surface area contributed by atoms with E-state index in [0.717, 1.165) is 16.6 Å². The molecule has 5 aromatic rings.